The van der Waals surface area contributed by atoms with E-state index in [-0.39, 0.29) is 18.2 Å². The van der Waals surface area contributed by atoms with E-state index in [0.29, 0.717) is 42.0 Å². The van der Waals surface area contributed by atoms with Crippen LogP contribution in [0.4, 0.5) is 4.79 Å². The molecule has 4 heterocycles. The SMILES string of the molecule is COc1ccc2c(c1)C(=O)N(C[C@@]1(c3cc4nc(CNCc5ccccc5)ccc4o3)NC(=O)NC1=O)C2. The van der Waals surface area contributed by atoms with Crippen molar-refractivity contribution in [2.75, 3.05) is 13.7 Å². The van der Waals surface area contributed by atoms with Crippen LogP contribution in [0, 0.1) is 0 Å². The predicted octanol–water partition coefficient (Wildman–Crippen LogP) is 2.82. The molecule has 0 spiro atoms. The molecule has 10 heteroatoms. The van der Waals surface area contributed by atoms with Crippen LogP contribution < -0.4 is 20.7 Å². The zero-order valence-corrected chi connectivity index (χ0v) is 20.6. The Labute approximate surface area is 218 Å². The van der Waals surface area contributed by atoms with Crippen molar-refractivity contribution < 1.29 is 23.5 Å². The van der Waals surface area contributed by atoms with Crippen molar-refractivity contribution >= 4 is 28.9 Å². The van der Waals surface area contributed by atoms with Crippen LogP contribution in [0.2, 0.25) is 0 Å². The average Bonchev–Trinajstić information content (AvgIpc) is 3.58. The number of amides is 4. The number of ether oxygens (including phenoxy) is 1. The minimum atomic E-state index is -1.59. The number of carbonyl (C=O) groups is 3. The first-order valence-electron chi connectivity index (χ1n) is 12.2. The Morgan fingerprint density at radius 2 is 1.89 bits per heavy atom. The highest BCUT2D eigenvalue weighted by Crippen LogP contribution is 2.34. The molecule has 4 aromatic rings. The molecule has 2 aromatic heterocycles. The summed E-state index contributed by atoms with van der Waals surface area (Å²) in [5, 5.41) is 8.37. The third-order valence-corrected chi connectivity index (χ3v) is 6.90. The number of hydrogen-bond acceptors (Lipinski definition) is 7. The molecule has 6 rings (SSSR count). The van der Waals surface area contributed by atoms with Gasteiger partial charge in [-0.3, -0.25) is 14.9 Å². The predicted molar refractivity (Wildman–Crippen MR) is 137 cm³/mol. The van der Waals surface area contributed by atoms with Crippen molar-refractivity contribution in [2.24, 2.45) is 0 Å². The maximum absolute atomic E-state index is 13.2. The van der Waals surface area contributed by atoms with Crippen molar-refractivity contribution in [3.05, 3.63) is 94.9 Å². The van der Waals surface area contributed by atoms with Crippen LogP contribution in [0.3, 0.4) is 0 Å². The summed E-state index contributed by atoms with van der Waals surface area (Å²) in [6, 6.07) is 20.0. The van der Waals surface area contributed by atoms with E-state index in [0.717, 1.165) is 11.3 Å². The molecule has 1 saturated heterocycles. The molecule has 0 aliphatic carbocycles. The van der Waals surface area contributed by atoms with Crippen molar-refractivity contribution in [2.45, 2.75) is 25.2 Å². The van der Waals surface area contributed by atoms with Crippen LogP contribution in [-0.2, 0) is 30.0 Å². The Morgan fingerprint density at radius 1 is 1.05 bits per heavy atom. The number of fused-ring (bicyclic) bond motifs is 2. The highest BCUT2D eigenvalue weighted by Gasteiger charge is 2.53. The van der Waals surface area contributed by atoms with E-state index in [1.807, 2.05) is 42.5 Å². The normalized spacial score (nSPS) is 18.6. The van der Waals surface area contributed by atoms with Gasteiger partial charge in [-0.2, -0.15) is 0 Å². The van der Waals surface area contributed by atoms with Gasteiger partial charge in [0.05, 0.1) is 19.3 Å². The van der Waals surface area contributed by atoms with Crippen LogP contribution in [0.1, 0.15) is 32.9 Å². The first-order valence-corrected chi connectivity index (χ1v) is 12.2. The van der Waals surface area contributed by atoms with Gasteiger partial charge in [-0.05, 0) is 35.4 Å². The molecule has 38 heavy (non-hydrogen) atoms. The second kappa shape index (κ2) is 9.31. The van der Waals surface area contributed by atoms with Crippen LogP contribution in [0.15, 0.2) is 71.1 Å². The number of methoxy groups -OCH3 is 1. The van der Waals surface area contributed by atoms with E-state index < -0.39 is 17.5 Å². The molecule has 10 nitrogen and oxygen atoms in total. The first-order chi connectivity index (χ1) is 18.4. The number of aromatic nitrogens is 1. The molecule has 2 aliphatic heterocycles. The summed E-state index contributed by atoms with van der Waals surface area (Å²) in [5.74, 6) is -0.0713. The smallest absolute Gasteiger partial charge is 0.322 e. The summed E-state index contributed by atoms with van der Waals surface area (Å²) in [4.78, 5) is 44.8. The van der Waals surface area contributed by atoms with Gasteiger partial charge in [0.1, 0.15) is 17.0 Å². The highest BCUT2D eigenvalue weighted by atomic mass is 16.5. The molecule has 0 unspecified atom stereocenters. The summed E-state index contributed by atoms with van der Waals surface area (Å²) >= 11 is 0. The quantitative estimate of drug-likeness (QED) is 0.311. The minimum absolute atomic E-state index is 0.105. The fourth-order valence-electron chi connectivity index (χ4n) is 4.94. The van der Waals surface area contributed by atoms with E-state index in [9.17, 15) is 14.4 Å². The Kier molecular flexibility index (Phi) is 5.80. The lowest BCUT2D eigenvalue weighted by atomic mass is 9.95. The van der Waals surface area contributed by atoms with Crippen molar-refractivity contribution in [1.29, 1.82) is 0 Å². The van der Waals surface area contributed by atoms with Gasteiger partial charge in [0.2, 0.25) is 0 Å². The number of hydrogen-bond donors (Lipinski definition) is 3. The van der Waals surface area contributed by atoms with E-state index in [2.05, 4.69) is 20.9 Å². The minimum Gasteiger partial charge on any atom is -0.497 e. The van der Waals surface area contributed by atoms with Gasteiger partial charge in [-0.1, -0.05) is 36.4 Å². The van der Waals surface area contributed by atoms with E-state index in [1.54, 1.807) is 24.3 Å². The molecular formula is C28H25N5O5. The van der Waals surface area contributed by atoms with Gasteiger partial charge in [-0.15, -0.1) is 0 Å². The Morgan fingerprint density at radius 3 is 2.66 bits per heavy atom. The first kappa shape index (κ1) is 23.7. The van der Waals surface area contributed by atoms with Gasteiger partial charge in [0.25, 0.3) is 11.8 Å². The number of carbonyl (C=O) groups excluding carboxylic acids is 3. The van der Waals surface area contributed by atoms with Gasteiger partial charge < -0.3 is 24.7 Å². The summed E-state index contributed by atoms with van der Waals surface area (Å²) in [6.07, 6.45) is 0. The molecular weight excluding hydrogens is 486 g/mol. The lowest BCUT2D eigenvalue weighted by Gasteiger charge is -2.28. The maximum Gasteiger partial charge on any atom is 0.322 e. The monoisotopic (exact) mass is 511 g/mol. The molecule has 4 amide bonds. The lowest BCUT2D eigenvalue weighted by molar-refractivity contribution is -0.125. The van der Waals surface area contributed by atoms with E-state index >= 15 is 0 Å². The van der Waals surface area contributed by atoms with E-state index in [1.165, 1.54) is 17.6 Å². The topological polar surface area (TPSA) is 126 Å². The van der Waals surface area contributed by atoms with Crippen molar-refractivity contribution in [3.63, 3.8) is 0 Å². The van der Waals surface area contributed by atoms with Gasteiger partial charge in [0.15, 0.2) is 11.1 Å². The molecule has 2 aliphatic rings. The number of benzene rings is 2. The van der Waals surface area contributed by atoms with Crippen LogP contribution in [-0.4, -0.2) is 41.4 Å². The number of nitrogens with zero attached hydrogens (tertiary/aromatic N) is 2. The number of furan rings is 1. The highest BCUT2D eigenvalue weighted by molar-refractivity contribution is 6.08. The number of imide groups is 1. The third kappa shape index (κ3) is 4.14. The zero-order valence-electron chi connectivity index (χ0n) is 20.6. The fourth-order valence-corrected chi connectivity index (χ4v) is 4.94. The Balaban J connectivity index is 1.26. The number of pyridine rings is 1. The molecule has 192 valence electrons. The molecule has 0 bridgehead atoms. The Hall–Kier alpha value is -4.70. The van der Waals surface area contributed by atoms with Crippen LogP contribution >= 0.6 is 0 Å². The molecule has 2 aromatic carbocycles. The van der Waals surface area contributed by atoms with Crippen molar-refractivity contribution in [3.8, 4) is 5.75 Å². The number of nitrogens with one attached hydrogen (secondary N) is 3. The van der Waals surface area contributed by atoms with Crippen molar-refractivity contribution in [1.82, 2.24) is 25.8 Å². The standard InChI is InChI=1S/C28H25N5O5/c1-37-20-9-7-18-15-33(25(34)21(18)11-20)16-28(26(35)31-27(36)32-28)24-12-22-23(38-24)10-8-19(30-22)14-29-13-17-5-3-2-4-6-17/h2-12,29H,13-16H2,1H3,(H2,31,32,35,36)/t28-/m0/s1. The van der Waals surface area contributed by atoms with Crippen LogP contribution in [0.25, 0.3) is 11.1 Å². The average molecular weight is 512 g/mol. The van der Waals surface area contributed by atoms with E-state index in [4.69, 9.17) is 9.15 Å². The van der Waals surface area contributed by atoms with Gasteiger partial charge >= 0.3 is 6.03 Å². The molecule has 3 N–H and O–H groups in total. The zero-order chi connectivity index (χ0) is 26.3. The third-order valence-electron chi connectivity index (χ3n) is 6.90. The largest absolute Gasteiger partial charge is 0.497 e. The Bertz CT molecular complexity index is 1570. The molecule has 0 radical (unpaired) electrons. The maximum atomic E-state index is 13.2. The van der Waals surface area contributed by atoms with Gasteiger partial charge in [-0.25, -0.2) is 9.78 Å². The van der Waals surface area contributed by atoms with Gasteiger partial charge in [0, 0.05) is 31.3 Å². The fraction of sp³-hybridized carbons (Fsp3) is 0.214. The summed E-state index contributed by atoms with van der Waals surface area (Å²) in [6.45, 7) is 1.42. The summed E-state index contributed by atoms with van der Waals surface area (Å²) < 4.78 is 11.3. The molecule has 1 atom stereocenters. The summed E-state index contributed by atoms with van der Waals surface area (Å²) in [7, 11) is 1.53. The molecule has 0 saturated carbocycles. The summed E-state index contributed by atoms with van der Waals surface area (Å²) in [5.41, 5.74) is 2.72. The second-order valence-electron chi connectivity index (χ2n) is 9.38. The molecule has 1 fully saturated rings. The van der Waals surface area contributed by atoms with Crippen LogP contribution in [0.5, 0.6) is 5.75 Å². The second-order valence-corrected chi connectivity index (χ2v) is 9.38. The lowest BCUT2D eigenvalue weighted by Crippen LogP contribution is -2.52. The number of rotatable bonds is 8. The number of urea groups is 1.